The third-order valence-electron chi connectivity index (χ3n) is 2.55. The van der Waals surface area contributed by atoms with Gasteiger partial charge in [-0.25, -0.2) is 4.39 Å². The second-order valence-electron chi connectivity index (χ2n) is 5.41. The maximum Gasteiger partial charge on any atom is 0.129 e. The van der Waals surface area contributed by atoms with Crippen molar-refractivity contribution in [1.29, 1.82) is 5.26 Å². The van der Waals surface area contributed by atoms with Crippen LogP contribution in [0.5, 0.6) is 0 Å². The molecule has 1 aromatic carbocycles. The number of hydrogen-bond donors (Lipinski definition) is 1. The van der Waals surface area contributed by atoms with Gasteiger partial charge in [-0.1, -0.05) is 26.8 Å². The second-order valence-corrected chi connectivity index (χ2v) is 5.41. The van der Waals surface area contributed by atoms with Gasteiger partial charge in [0.2, 0.25) is 0 Å². The summed E-state index contributed by atoms with van der Waals surface area (Å²) >= 11 is 0. The van der Waals surface area contributed by atoms with Crippen LogP contribution in [-0.2, 0) is 6.54 Å². The Morgan fingerprint density at radius 3 is 2.59 bits per heavy atom. The van der Waals surface area contributed by atoms with E-state index in [0.29, 0.717) is 17.7 Å². The first-order valence-corrected chi connectivity index (χ1v) is 5.81. The molecule has 0 aliphatic rings. The van der Waals surface area contributed by atoms with E-state index in [4.69, 9.17) is 5.26 Å². The van der Waals surface area contributed by atoms with Crippen molar-refractivity contribution in [3.05, 3.63) is 35.1 Å². The zero-order chi connectivity index (χ0) is 12.9. The van der Waals surface area contributed by atoms with Crippen LogP contribution in [0.3, 0.4) is 0 Å². The second kappa shape index (κ2) is 5.79. The maximum atomic E-state index is 13.5. The van der Waals surface area contributed by atoms with Crippen LogP contribution < -0.4 is 5.32 Å². The van der Waals surface area contributed by atoms with E-state index in [2.05, 4.69) is 26.1 Å². The quantitative estimate of drug-likeness (QED) is 0.812. The first-order valence-electron chi connectivity index (χ1n) is 5.81. The fourth-order valence-electron chi connectivity index (χ4n) is 1.45. The van der Waals surface area contributed by atoms with Gasteiger partial charge in [0.1, 0.15) is 5.82 Å². The van der Waals surface area contributed by atoms with Gasteiger partial charge in [-0.15, -0.1) is 0 Å². The molecule has 2 nitrogen and oxygen atoms in total. The molecule has 0 aliphatic carbocycles. The summed E-state index contributed by atoms with van der Waals surface area (Å²) in [7, 11) is 0. The van der Waals surface area contributed by atoms with Gasteiger partial charge >= 0.3 is 0 Å². The highest BCUT2D eigenvalue weighted by atomic mass is 19.1. The van der Waals surface area contributed by atoms with Crippen molar-refractivity contribution in [1.82, 2.24) is 5.32 Å². The number of nitriles is 1. The van der Waals surface area contributed by atoms with Gasteiger partial charge in [0.15, 0.2) is 0 Å². The third kappa shape index (κ3) is 4.97. The van der Waals surface area contributed by atoms with Crippen molar-refractivity contribution in [2.24, 2.45) is 5.41 Å². The van der Waals surface area contributed by atoms with Gasteiger partial charge in [-0.05, 0) is 30.5 Å². The number of halogens is 1. The Hall–Kier alpha value is -1.40. The first-order chi connectivity index (χ1) is 7.92. The summed E-state index contributed by atoms with van der Waals surface area (Å²) in [6, 6.07) is 6.51. The predicted octanol–water partition coefficient (Wildman–Crippen LogP) is 3.22. The van der Waals surface area contributed by atoms with E-state index in [1.165, 1.54) is 6.07 Å². The van der Waals surface area contributed by atoms with Crippen LogP contribution in [-0.4, -0.2) is 6.54 Å². The molecule has 1 rings (SSSR count). The molecule has 0 fully saturated rings. The molecule has 0 atom stereocenters. The van der Waals surface area contributed by atoms with Crippen molar-refractivity contribution < 1.29 is 4.39 Å². The molecule has 92 valence electrons. The summed E-state index contributed by atoms with van der Waals surface area (Å²) in [5.74, 6) is -0.313. The molecule has 0 saturated heterocycles. The summed E-state index contributed by atoms with van der Waals surface area (Å²) in [6.07, 6.45) is 1.05. The molecule has 3 heteroatoms. The highest BCUT2D eigenvalue weighted by Gasteiger charge is 2.09. The Kier molecular flexibility index (Phi) is 4.65. The highest BCUT2D eigenvalue weighted by molar-refractivity contribution is 5.32. The van der Waals surface area contributed by atoms with Gasteiger partial charge in [0.25, 0.3) is 0 Å². The van der Waals surface area contributed by atoms with E-state index < -0.39 is 0 Å². The molecular formula is C14H19FN2. The molecule has 0 bridgehead atoms. The average molecular weight is 234 g/mol. The van der Waals surface area contributed by atoms with E-state index in [-0.39, 0.29) is 11.2 Å². The normalized spacial score (nSPS) is 11.2. The first kappa shape index (κ1) is 13.7. The van der Waals surface area contributed by atoms with Crippen molar-refractivity contribution in [2.75, 3.05) is 6.54 Å². The lowest BCUT2D eigenvalue weighted by molar-refractivity contribution is 0.366. The standard InChI is InChI=1S/C14H19FN2/c1-14(2,3)6-7-17-10-12-5-4-11(9-16)8-13(12)15/h4-5,8,17H,6-7,10H2,1-3H3. The molecule has 17 heavy (non-hydrogen) atoms. The molecule has 0 saturated carbocycles. The largest absolute Gasteiger partial charge is 0.313 e. The van der Waals surface area contributed by atoms with E-state index in [1.54, 1.807) is 12.1 Å². The van der Waals surface area contributed by atoms with Gasteiger partial charge in [0.05, 0.1) is 11.6 Å². The van der Waals surface area contributed by atoms with Crippen LogP contribution in [0.25, 0.3) is 0 Å². The molecule has 0 aromatic heterocycles. The van der Waals surface area contributed by atoms with Gasteiger partial charge in [-0.2, -0.15) is 5.26 Å². The maximum absolute atomic E-state index is 13.5. The van der Waals surface area contributed by atoms with Crippen LogP contribution >= 0.6 is 0 Å². The Labute approximate surface area is 102 Å². The molecule has 0 aliphatic heterocycles. The number of nitrogens with one attached hydrogen (secondary N) is 1. The lowest BCUT2D eigenvalue weighted by Crippen LogP contribution is -2.20. The predicted molar refractivity (Wildman–Crippen MR) is 66.9 cm³/mol. The molecular weight excluding hydrogens is 215 g/mol. The van der Waals surface area contributed by atoms with Gasteiger partial charge in [0, 0.05) is 12.1 Å². The van der Waals surface area contributed by atoms with Crippen LogP contribution in [0.1, 0.15) is 38.3 Å². The zero-order valence-electron chi connectivity index (χ0n) is 10.7. The molecule has 0 heterocycles. The Morgan fingerprint density at radius 2 is 2.06 bits per heavy atom. The summed E-state index contributed by atoms with van der Waals surface area (Å²) < 4.78 is 13.5. The number of nitrogens with zero attached hydrogens (tertiary/aromatic N) is 1. The van der Waals surface area contributed by atoms with Crippen LogP contribution in [0.4, 0.5) is 4.39 Å². The summed E-state index contributed by atoms with van der Waals surface area (Å²) in [5.41, 5.74) is 1.26. The summed E-state index contributed by atoms with van der Waals surface area (Å²) in [4.78, 5) is 0. The SMILES string of the molecule is CC(C)(C)CCNCc1ccc(C#N)cc1F. The Bertz CT molecular complexity index is 413. The average Bonchev–Trinajstić information content (AvgIpc) is 2.24. The van der Waals surface area contributed by atoms with Crippen molar-refractivity contribution in [3.8, 4) is 6.07 Å². The lowest BCUT2D eigenvalue weighted by atomic mass is 9.92. The monoisotopic (exact) mass is 234 g/mol. The van der Waals surface area contributed by atoms with Crippen molar-refractivity contribution in [2.45, 2.75) is 33.7 Å². The molecule has 0 amide bonds. The summed E-state index contributed by atoms with van der Waals surface area (Å²) in [6.45, 7) is 7.90. The number of hydrogen-bond acceptors (Lipinski definition) is 2. The van der Waals surface area contributed by atoms with Crippen LogP contribution in [0.15, 0.2) is 18.2 Å². The fraction of sp³-hybridized carbons (Fsp3) is 0.500. The van der Waals surface area contributed by atoms with E-state index in [1.807, 2.05) is 6.07 Å². The Balaban J connectivity index is 2.45. The zero-order valence-corrected chi connectivity index (χ0v) is 10.7. The Morgan fingerprint density at radius 1 is 1.35 bits per heavy atom. The number of rotatable bonds is 4. The molecule has 0 radical (unpaired) electrons. The van der Waals surface area contributed by atoms with Gasteiger partial charge < -0.3 is 5.32 Å². The van der Waals surface area contributed by atoms with Crippen LogP contribution in [0, 0.1) is 22.6 Å². The molecule has 1 N–H and O–H groups in total. The molecule has 0 spiro atoms. The number of benzene rings is 1. The molecule has 1 aromatic rings. The lowest BCUT2D eigenvalue weighted by Gasteiger charge is -2.18. The van der Waals surface area contributed by atoms with E-state index in [0.717, 1.165) is 13.0 Å². The molecule has 0 unspecified atom stereocenters. The van der Waals surface area contributed by atoms with Gasteiger partial charge in [-0.3, -0.25) is 0 Å². The minimum Gasteiger partial charge on any atom is -0.313 e. The van der Waals surface area contributed by atoms with Crippen molar-refractivity contribution in [3.63, 3.8) is 0 Å². The van der Waals surface area contributed by atoms with Crippen LogP contribution in [0.2, 0.25) is 0 Å². The fourth-order valence-corrected chi connectivity index (χ4v) is 1.45. The smallest absolute Gasteiger partial charge is 0.129 e. The summed E-state index contributed by atoms with van der Waals surface area (Å²) in [5, 5.41) is 11.8. The topological polar surface area (TPSA) is 35.8 Å². The van der Waals surface area contributed by atoms with E-state index >= 15 is 0 Å². The van der Waals surface area contributed by atoms with Crippen molar-refractivity contribution >= 4 is 0 Å². The highest BCUT2D eigenvalue weighted by Crippen LogP contribution is 2.17. The minimum atomic E-state index is -0.313. The third-order valence-corrected chi connectivity index (χ3v) is 2.55. The minimum absolute atomic E-state index is 0.288. The van der Waals surface area contributed by atoms with E-state index in [9.17, 15) is 4.39 Å².